The van der Waals surface area contributed by atoms with Crippen LogP contribution in [0.4, 0.5) is 8.78 Å². The minimum Gasteiger partial charge on any atom is -0.339 e. The van der Waals surface area contributed by atoms with E-state index < -0.39 is 11.6 Å². The van der Waals surface area contributed by atoms with Gasteiger partial charge in [0.05, 0.1) is 0 Å². The summed E-state index contributed by atoms with van der Waals surface area (Å²) in [6.45, 7) is 34.2. The molecule has 5 rings (SSSR count). The molecule has 4 heterocycles. The van der Waals surface area contributed by atoms with Gasteiger partial charge in [0.15, 0.2) is 11.6 Å². The van der Waals surface area contributed by atoms with E-state index in [0.29, 0.717) is 41.3 Å². The Labute approximate surface area is 365 Å². The van der Waals surface area contributed by atoms with E-state index in [0.717, 1.165) is 43.1 Å². The highest BCUT2D eigenvalue weighted by Gasteiger charge is 2.31. The zero-order chi connectivity index (χ0) is 43.2. The highest BCUT2D eigenvalue weighted by molar-refractivity contribution is 5.79. The fourth-order valence-corrected chi connectivity index (χ4v) is 8.51. The summed E-state index contributed by atoms with van der Waals surface area (Å²) in [5.41, 5.74) is 0.435. The van der Waals surface area contributed by atoms with Crippen LogP contribution in [0, 0.1) is 47.1 Å². The molecule has 4 fully saturated rings. The molecule has 2 N–H and O–H groups in total. The molecule has 6 nitrogen and oxygen atoms in total. The van der Waals surface area contributed by atoms with Gasteiger partial charge in [0, 0.05) is 49.1 Å². The fourth-order valence-electron chi connectivity index (χ4n) is 8.51. The number of carbonyl (C=O) groups is 2. The highest BCUT2D eigenvalue weighted by atomic mass is 19.2. The largest absolute Gasteiger partial charge is 0.339 e. The number of halogens is 2. The predicted molar refractivity (Wildman–Crippen MR) is 253 cm³/mol. The van der Waals surface area contributed by atoms with Crippen molar-refractivity contribution >= 4 is 11.8 Å². The normalized spacial score (nSPS) is 21.1. The average molecular weight is 837 g/mol. The van der Waals surface area contributed by atoms with Crippen LogP contribution in [0.3, 0.4) is 0 Å². The lowest BCUT2D eigenvalue weighted by Gasteiger charge is -2.27. The second kappa shape index (κ2) is 31.7. The number of carbonyl (C=O) groups excluding carboxylic acids is 2. The smallest absolute Gasteiger partial charge is 0.225 e. The van der Waals surface area contributed by atoms with Crippen LogP contribution in [0.25, 0.3) is 0 Å². The molecule has 59 heavy (non-hydrogen) atoms. The average Bonchev–Trinajstić information content (AvgIpc) is 3.96. The third-order valence-electron chi connectivity index (χ3n) is 11.2. The first-order chi connectivity index (χ1) is 26.7. The van der Waals surface area contributed by atoms with Crippen LogP contribution >= 0.6 is 0 Å². The fraction of sp³-hybridized carbons (Fsp3) is 0.843. The maximum Gasteiger partial charge on any atom is 0.225 e. The van der Waals surface area contributed by atoms with E-state index in [1.165, 1.54) is 96.2 Å². The lowest BCUT2D eigenvalue weighted by Crippen LogP contribution is -2.38. The Kier molecular flexibility index (Phi) is 31.8. The molecule has 0 saturated carbocycles. The molecule has 4 atom stereocenters. The van der Waals surface area contributed by atoms with E-state index in [9.17, 15) is 18.4 Å². The molecule has 0 radical (unpaired) electrons. The van der Waals surface area contributed by atoms with Gasteiger partial charge in [-0.2, -0.15) is 0 Å². The molecule has 0 aliphatic carbocycles. The molecule has 4 saturated heterocycles. The third kappa shape index (κ3) is 24.2. The van der Waals surface area contributed by atoms with Gasteiger partial charge in [0.25, 0.3) is 0 Å². The molecule has 0 aromatic heterocycles. The molecule has 8 heteroatoms. The van der Waals surface area contributed by atoms with Crippen molar-refractivity contribution in [3.8, 4) is 0 Å². The van der Waals surface area contributed by atoms with Crippen molar-refractivity contribution in [2.75, 3.05) is 26.2 Å². The van der Waals surface area contributed by atoms with Gasteiger partial charge in [-0.1, -0.05) is 124 Å². The Bertz CT molecular complexity index is 1160. The summed E-state index contributed by atoms with van der Waals surface area (Å²) < 4.78 is 25.4. The number of likely N-dealkylation sites (tertiary alicyclic amines) is 2. The molecule has 0 spiro atoms. The van der Waals surface area contributed by atoms with E-state index in [4.69, 9.17) is 0 Å². The minimum atomic E-state index is -0.767. The van der Waals surface area contributed by atoms with Crippen LogP contribution < -0.4 is 10.6 Å². The number of hydrogen-bond donors (Lipinski definition) is 2. The summed E-state index contributed by atoms with van der Waals surface area (Å²) in [5, 5.41) is 6.98. The summed E-state index contributed by atoms with van der Waals surface area (Å²) in [4.78, 5) is 27.9. The molecule has 2 amide bonds. The number of nitrogens with one attached hydrogen (secondary N) is 2. The molecule has 1 aromatic carbocycles. The monoisotopic (exact) mass is 837 g/mol. The second-order valence-electron chi connectivity index (χ2n) is 19.9. The lowest BCUT2D eigenvalue weighted by atomic mass is 10.0. The van der Waals surface area contributed by atoms with Gasteiger partial charge >= 0.3 is 0 Å². The van der Waals surface area contributed by atoms with Crippen LogP contribution in [0.5, 0.6) is 0 Å². The molecule has 0 bridgehead atoms. The van der Waals surface area contributed by atoms with Gasteiger partial charge in [0.1, 0.15) is 0 Å². The first-order valence-electron chi connectivity index (χ1n) is 23.3. The van der Waals surface area contributed by atoms with Crippen molar-refractivity contribution in [2.45, 2.75) is 219 Å². The van der Waals surface area contributed by atoms with E-state index in [-0.39, 0.29) is 32.6 Å². The molecule has 4 aliphatic rings. The summed E-state index contributed by atoms with van der Waals surface area (Å²) >= 11 is 0. The van der Waals surface area contributed by atoms with Gasteiger partial charge in [-0.25, -0.2) is 8.78 Å². The van der Waals surface area contributed by atoms with Gasteiger partial charge in [0.2, 0.25) is 11.8 Å². The second-order valence-corrected chi connectivity index (χ2v) is 19.9. The molecular weight excluding hydrogens is 739 g/mol. The van der Waals surface area contributed by atoms with Gasteiger partial charge < -0.3 is 20.4 Å². The lowest BCUT2D eigenvalue weighted by molar-refractivity contribution is -0.136. The molecule has 4 aliphatic heterocycles. The summed E-state index contributed by atoms with van der Waals surface area (Å²) in [5.74, 6) is 2.65. The minimum absolute atomic E-state index is 0. The molecule has 1 aromatic rings. The summed E-state index contributed by atoms with van der Waals surface area (Å²) in [6, 6.07) is 6.96. The maximum atomic E-state index is 12.9. The van der Waals surface area contributed by atoms with Crippen molar-refractivity contribution in [3.63, 3.8) is 0 Å². The van der Waals surface area contributed by atoms with Crippen LogP contribution in [0.2, 0.25) is 0 Å². The van der Waals surface area contributed by atoms with Crippen molar-refractivity contribution in [1.29, 1.82) is 0 Å². The van der Waals surface area contributed by atoms with Crippen LogP contribution in [0.15, 0.2) is 18.2 Å². The van der Waals surface area contributed by atoms with Crippen molar-refractivity contribution < 1.29 is 18.4 Å². The third-order valence-corrected chi connectivity index (χ3v) is 11.2. The highest BCUT2D eigenvalue weighted by Crippen LogP contribution is 2.26. The van der Waals surface area contributed by atoms with Gasteiger partial charge in [-0.15, -0.1) is 0 Å². The molecule has 4 unspecified atom stereocenters. The Morgan fingerprint density at radius 2 is 0.949 bits per heavy atom. The van der Waals surface area contributed by atoms with Gasteiger partial charge in [-0.3, -0.25) is 9.59 Å². The standard InChI is InChI=1S/2C12H23NO.C9H10F2.2C8H17N.2CH4/c2*1-9(2)8-11-6-5-7-13(11)12(14)10(3)4;1-6(2)7-4-3-5-8(10)9(7)11;2*1-7(2)6-8-4-3-5-9-8;;/h2*9-11H,5-8H2,1-4H3;3-6H,1-2H3;2*7-9H,3-6H2,1-2H3;2*1H4. The van der Waals surface area contributed by atoms with Gasteiger partial charge in [-0.05, 0) is 131 Å². The van der Waals surface area contributed by atoms with Crippen LogP contribution in [-0.4, -0.2) is 72.0 Å². The van der Waals surface area contributed by atoms with E-state index in [2.05, 4.69) is 75.8 Å². The van der Waals surface area contributed by atoms with E-state index in [1.807, 2.05) is 41.5 Å². The number of rotatable bonds is 11. The van der Waals surface area contributed by atoms with E-state index >= 15 is 0 Å². The van der Waals surface area contributed by atoms with Crippen LogP contribution in [0.1, 0.15) is 200 Å². The number of hydrogen-bond acceptors (Lipinski definition) is 4. The number of amides is 2. The Hall–Kier alpha value is -2.06. The number of nitrogens with zero attached hydrogens (tertiary/aromatic N) is 2. The first kappa shape index (κ1) is 59.0. The Balaban J connectivity index is 0. The zero-order valence-corrected chi connectivity index (χ0v) is 39.4. The Morgan fingerprint density at radius 3 is 1.22 bits per heavy atom. The molecular formula is C51H98F2N4O2. The van der Waals surface area contributed by atoms with E-state index in [1.54, 1.807) is 6.07 Å². The van der Waals surface area contributed by atoms with Crippen molar-refractivity contribution in [3.05, 3.63) is 35.4 Å². The van der Waals surface area contributed by atoms with Crippen LogP contribution in [-0.2, 0) is 9.59 Å². The first-order valence-corrected chi connectivity index (χ1v) is 23.3. The summed E-state index contributed by atoms with van der Waals surface area (Å²) in [6.07, 6.45) is 15.4. The SMILES string of the molecule is C.C.CC(C)CC1CCCN1.CC(C)CC1CCCN1.CC(C)CC1CCCN1C(=O)C(C)C.CC(C)CC1CCCN1C(=O)C(C)C.CC(C)c1cccc(F)c1F. The Morgan fingerprint density at radius 1 is 0.576 bits per heavy atom. The number of benzene rings is 1. The molecule has 348 valence electrons. The maximum absolute atomic E-state index is 12.9. The predicted octanol–water partition coefficient (Wildman–Crippen LogP) is 13.3. The van der Waals surface area contributed by atoms with Crippen molar-refractivity contribution in [1.82, 2.24) is 20.4 Å². The topological polar surface area (TPSA) is 64.7 Å². The summed E-state index contributed by atoms with van der Waals surface area (Å²) in [7, 11) is 0. The zero-order valence-electron chi connectivity index (χ0n) is 39.4. The van der Waals surface area contributed by atoms with Crippen molar-refractivity contribution in [2.24, 2.45) is 35.5 Å². The quantitative estimate of drug-likeness (QED) is 0.233.